The number of thiophene rings is 1. The normalized spacial score (nSPS) is 15.2. The second-order valence-electron chi connectivity index (χ2n) is 8.30. The predicted molar refractivity (Wildman–Crippen MR) is 128 cm³/mol. The summed E-state index contributed by atoms with van der Waals surface area (Å²) in [5.74, 6) is 0.751. The fraction of sp³-hybridized carbons (Fsp3) is 0.458. The number of aryl methyl sites for hydroxylation is 3. The number of amides is 1. The third-order valence-corrected chi connectivity index (χ3v) is 7.40. The zero-order valence-corrected chi connectivity index (χ0v) is 19.7. The van der Waals surface area contributed by atoms with E-state index in [4.69, 9.17) is 4.74 Å². The van der Waals surface area contributed by atoms with Crippen molar-refractivity contribution in [2.75, 3.05) is 26.7 Å². The number of carbonyl (C=O) groups excluding carboxylic acids is 1. The van der Waals surface area contributed by atoms with Crippen LogP contribution >= 0.6 is 11.3 Å². The zero-order chi connectivity index (χ0) is 22.7. The maximum Gasteiger partial charge on any atom is 0.262 e. The largest absolute Gasteiger partial charge is 0.497 e. The first-order valence-electron chi connectivity index (χ1n) is 11.1. The summed E-state index contributed by atoms with van der Waals surface area (Å²) in [6.45, 7) is 6.84. The minimum atomic E-state index is -0.0732. The molecule has 1 N–H and O–H groups in total. The molecule has 7 nitrogen and oxygen atoms in total. The summed E-state index contributed by atoms with van der Waals surface area (Å²) in [4.78, 5) is 34.2. The van der Waals surface area contributed by atoms with Gasteiger partial charge in [-0.1, -0.05) is 12.1 Å². The van der Waals surface area contributed by atoms with Gasteiger partial charge in [0, 0.05) is 24.4 Å². The second kappa shape index (κ2) is 9.83. The van der Waals surface area contributed by atoms with Crippen molar-refractivity contribution in [1.82, 2.24) is 19.8 Å². The fourth-order valence-electron chi connectivity index (χ4n) is 4.31. The molecule has 1 aliphatic heterocycles. The quantitative estimate of drug-likeness (QED) is 0.564. The molecular formula is C24H30N4O3S. The van der Waals surface area contributed by atoms with Gasteiger partial charge in [0.1, 0.15) is 10.6 Å². The maximum atomic E-state index is 12.8. The van der Waals surface area contributed by atoms with Crippen molar-refractivity contribution in [3.8, 4) is 5.75 Å². The first kappa shape index (κ1) is 22.5. The van der Waals surface area contributed by atoms with Gasteiger partial charge in [-0.25, -0.2) is 4.98 Å². The monoisotopic (exact) mass is 454 g/mol. The van der Waals surface area contributed by atoms with E-state index < -0.39 is 0 Å². The lowest BCUT2D eigenvalue weighted by atomic mass is 10.0. The number of nitrogens with zero attached hydrogens (tertiary/aromatic N) is 3. The van der Waals surface area contributed by atoms with Gasteiger partial charge < -0.3 is 10.1 Å². The molecule has 0 bridgehead atoms. The van der Waals surface area contributed by atoms with Crippen molar-refractivity contribution in [1.29, 1.82) is 0 Å². The molecule has 1 atom stereocenters. The van der Waals surface area contributed by atoms with E-state index in [1.807, 2.05) is 32.0 Å². The van der Waals surface area contributed by atoms with Gasteiger partial charge in [-0.15, -0.1) is 11.3 Å². The number of benzene rings is 1. The van der Waals surface area contributed by atoms with E-state index in [9.17, 15) is 9.59 Å². The van der Waals surface area contributed by atoms with Crippen LogP contribution in [0.25, 0.3) is 10.2 Å². The highest BCUT2D eigenvalue weighted by Gasteiger charge is 2.24. The molecule has 4 rings (SSSR count). The molecule has 0 aliphatic carbocycles. The molecule has 0 saturated carbocycles. The Labute approximate surface area is 192 Å². The molecule has 0 radical (unpaired) electrons. The Morgan fingerprint density at radius 2 is 2.06 bits per heavy atom. The van der Waals surface area contributed by atoms with Gasteiger partial charge in [0.25, 0.3) is 5.56 Å². The Morgan fingerprint density at radius 3 is 2.81 bits per heavy atom. The van der Waals surface area contributed by atoms with Crippen LogP contribution in [0, 0.1) is 13.8 Å². The van der Waals surface area contributed by atoms with Crippen molar-refractivity contribution in [3.05, 3.63) is 57.0 Å². The van der Waals surface area contributed by atoms with E-state index in [1.165, 1.54) is 24.2 Å². The Morgan fingerprint density at radius 1 is 1.28 bits per heavy atom. The Balaban J connectivity index is 1.41. The van der Waals surface area contributed by atoms with E-state index in [0.717, 1.165) is 39.7 Å². The van der Waals surface area contributed by atoms with Gasteiger partial charge >= 0.3 is 0 Å². The SMILES string of the molecule is COc1cccc(C(CNC(=O)CCn2cnc3sc(C)c(C)c3c2=O)N2CCCC2)c1. The van der Waals surface area contributed by atoms with E-state index in [1.54, 1.807) is 18.0 Å². The first-order chi connectivity index (χ1) is 15.5. The number of aromatic nitrogens is 2. The minimum absolute atomic E-state index is 0.0673. The highest BCUT2D eigenvalue weighted by molar-refractivity contribution is 7.18. The van der Waals surface area contributed by atoms with Crippen LogP contribution in [0.15, 0.2) is 35.4 Å². The van der Waals surface area contributed by atoms with Crippen LogP contribution in [0.5, 0.6) is 5.75 Å². The molecule has 1 fully saturated rings. The lowest BCUT2D eigenvalue weighted by molar-refractivity contribution is -0.121. The van der Waals surface area contributed by atoms with E-state index in [-0.39, 0.29) is 23.9 Å². The summed E-state index contributed by atoms with van der Waals surface area (Å²) in [6, 6.07) is 8.16. The van der Waals surface area contributed by atoms with Crippen molar-refractivity contribution >= 4 is 27.5 Å². The predicted octanol–water partition coefficient (Wildman–Crippen LogP) is 3.43. The van der Waals surface area contributed by atoms with Crippen LogP contribution in [0.4, 0.5) is 0 Å². The molecule has 8 heteroatoms. The van der Waals surface area contributed by atoms with Gasteiger partial charge in [-0.05, 0) is 63.0 Å². The Kier molecular flexibility index (Phi) is 6.91. The average molecular weight is 455 g/mol. The number of ether oxygens (including phenoxy) is 1. The number of rotatable bonds is 8. The first-order valence-corrected chi connectivity index (χ1v) is 11.9. The lowest BCUT2D eigenvalue weighted by Crippen LogP contribution is -2.37. The standard InChI is InChI=1S/C24H30N4O3S/c1-16-17(2)32-23-22(16)24(30)28(15-26-23)12-9-21(29)25-14-20(27-10-4-5-11-27)18-7-6-8-19(13-18)31-3/h6-8,13,15,20H,4-5,9-12,14H2,1-3H3,(H,25,29). The molecule has 1 aromatic carbocycles. The molecule has 1 saturated heterocycles. The Hall–Kier alpha value is -2.71. The molecule has 170 valence electrons. The highest BCUT2D eigenvalue weighted by Crippen LogP contribution is 2.27. The summed E-state index contributed by atoms with van der Waals surface area (Å²) in [5, 5.41) is 3.75. The third kappa shape index (κ3) is 4.71. The van der Waals surface area contributed by atoms with Gasteiger partial charge in [0.15, 0.2) is 0 Å². The summed E-state index contributed by atoms with van der Waals surface area (Å²) >= 11 is 1.53. The summed E-state index contributed by atoms with van der Waals surface area (Å²) in [7, 11) is 1.67. The van der Waals surface area contributed by atoms with Gasteiger partial charge in [-0.2, -0.15) is 0 Å². The summed E-state index contributed by atoms with van der Waals surface area (Å²) < 4.78 is 6.93. The zero-order valence-electron chi connectivity index (χ0n) is 18.9. The Bertz CT molecular complexity index is 1160. The molecule has 1 aliphatic rings. The number of hydrogen-bond donors (Lipinski definition) is 1. The third-order valence-electron chi connectivity index (χ3n) is 6.29. The molecule has 3 aromatic rings. The van der Waals surface area contributed by atoms with Gasteiger partial charge in [0.2, 0.25) is 5.91 Å². The lowest BCUT2D eigenvalue weighted by Gasteiger charge is -2.28. The second-order valence-corrected chi connectivity index (χ2v) is 9.50. The molecule has 32 heavy (non-hydrogen) atoms. The number of fused-ring (bicyclic) bond motifs is 1. The van der Waals surface area contributed by atoms with Crippen LogP contribution in [0.3, 0.4) is 0 Å². The van der Waals surface area contributed by atoms with E-state index in [0.29, 0.717) is 18.5 Å². The topological polar surface area (TPSA) is 76.5 Å². The van der Waals surface area contributed by atoms with Crippen LogP contribution in [-0.4, -0.2) is 47.1 Å². The van der Waals surface area contributed by atoms with Crippen molar-refractivity contribution < 1.29 is 9.53 Å². The van der Waals surface area contributed by atoms with E-state index >= 15 is 0 Å². The summed E-state index contributed by atoms with van der Waals surface area (Å²) in [6.07, 6.45) is 4.14. The number of likely N-dealkylation sites (tertiary alicyclic amines) is 1. The smallest absolute Gasteiger partial charge is 0.262 e. The van der Waals surface area contributed by atoms with E-state index in [2.05, 4.69) is 21.3 Å². The molecular weight excluding hydrogens is 424 g/mol. The van der Waals surface area contributed by atoms with Crippen molar-refractivity contribution in [2.24, 2.45) is 0 Å². The highest BCUT2D eigenvalue weighted by atomic mass is 32.1. The van der Waals surface area contributed by atoms with Crippen LogP contribution in [0.1, 0.15) is 41.3 Å². The average Bonchev–Trinajstić information content (AvgIpc) is 3.42. The molecule has 3 heterocycles. The maximum absolute atomic E-state index is 12.8. The summed E-state index contributed by atoms with van der Waals surface area (Å²) in [5.41, 5.74) is 2.05. The van der Waals surface area contributed by atoms with Gasteiger partial charge in [-0.3, -0.25) is 19.1 Å². The minimum Gasteiger partial charge on any atom is -0.497 e. The van der Waals surface area contributed by atoms with Crippen LogP contribution in [-0.2, 0) is 11.3 Å². The number of nitrogens with one attached hydrogen (secondary N) is 1. The number of carbonyl (C=O) groups is 1. The van der Waals surface area contributed by atoms with Crippen LogP contribution < -0.4 is 15.6 Å². The molecule has 1 amide bonds. The van der Waals surface area contributed by atoms with Crippen LogP contribution in [0.2, 0.25) is 0 Å². The van der Waals surface area contributed by atoms with Crippen molar-refractivity contribution in [2.45, 2.75) is 45.7 Å². The molecule has 0 spiro atoms. The molecule has 1 unspecified atom stereocenters. The molecule has 2 aromatic heterocycles. The number of methoxy groups -OCH3 is 1. The van der Waals surface area contributed by atoms with Gasteiger partial charge in [0.05, 0.1) is 24.9 Å². The number of hydrogen-bond acceptors (Lipinski definition) is 6. The van der Waals surface area contributed by atoms with Crippen molar-refractivity contribution in [3.63, 3.8) is 0 Å². The fourth-order valence-corrected chi connectivity index (χ4v) is 5.30.